The molecule has 0 aromatic heterocycles. The van der Waals surface area contributed by atoms with E-state index in [-0.39, 0.29) is 21.7 Å². The number of halogens is 1. The maximum absolute atomic E-state index is 11.7. The summed E-state index contributed by atoms with van der Waals surface area (Å²) in [5.41, 5.74) is 0.0730. The Morgan fingerprint density at radius 3 is 2.56 bits per heavy atom. The van der Waals surface area contributed by atoms with Crippen LogP contribution in [0.25, 0.3) is 0 Å². The molecule has 0 bridgehead atoms. The van der Waals surface area contributed by atoms with Crippen LogP contribution in [-0.2, 0) is 14.6 Å². The Kier molecular flexibility index (Phi) is 4.49. The molecule has 0 fully saturated rings. The van der Waals surface area contributed by atoms with Crippen LogP contribution in [0.15, 0.2) is 29.2 Å². The van der Waals surface area contributed by atoms with E-state index in [2.05, 4.69) is 15.9 Å². The zero-order chi connectivity index (χ0) is 12.2. The van der Waals surface area contributed by atoms with Crippen LogP contribution < -0.4 is 0 Å². The molecule has 0 aliphatic rings. The highest BCUT2D eigenvalue weighted by Gasteiger charge is 2.21. The van der Waals surface area contributed by atoms with Crippen molar-refractivity contribution in [1.82, 2.24) is 0 Å². The van der Waals surface area contributed by atoms with E-state index in [9.17, 15) is 13.2 Å². The number of benzene rings is 1. The molecule has 1 aromatic carbocycles. The number of carbonyl (C=O) groups is 1. The second kappa shape index (κ2) is 5.45. The van der Waals surface area contributed by atoms with E-state index in [1.54, 1.807) is 19.1 Å². The predicted molar refractivity (Wildman–Crippen MR) is 63.4 cm³/mol. The standard InChI is InChI=1S/C10H11BrO4S/c1-2-15-10(12)8-5-3-4-6-9(8)16(13,14)7-11/h3-6H,2,7H2,1H3. The van der Waals surface area contributed by atoms with Crippen molar-refractivity contribution in [3.63, 3.8) is 0 Å². The maximum atomic E-state index is 11.7. The van der Waals surface area contributed by atoms with Crippen molar-refractivity contribution in [3.05, 3.63) is 29.8 Å². The van der Waals surface area contributed by atoms with E-state index in [0.717, 1.165) is 0 Å². The summed E-state index contributed by atoms with van der Waals surface area (Å²) in [4.78, 5) is 11.5. The first kappa shape index (κ1) is 13.2. The zero-order valence-electron chi connectivity index (χ0n) is 8.64. The fraction of sp³-hybridized carbons (Fsp3) is 0.300. The van der Waals surface area contributed by atoms with Gasteiger partial charge in [-0.25, -0.2) is 13.2 Å². The third-order valence-electron chi connectivity index (χ3n) is 1.86. The maximum Gasteiger partial charge on any atom is 0.339 e. The van der Waals surface area contributed by atoms with Crippen LogP contribution in [0.5, 0.6) is 0 Å². The molecule has 1 aromatic rings. The highest BCUT2D eigenvalue weighted by atomic mass is 79.9. The first-order chi connectivity index (χ1) is 7.53. The van der Waals surface area contributed by atoms with Crippen molar-refractivity contribution < 1.29 is 17.9 Å². The highest BCUT2D eigenvalue weighted by molar-refractivity contribution is 9.10. The Balaban J connectivity index is 3.26. The molecule has 88 valence electrons. The van der Waals surface area contributed by atoms with Crippen LogP contribution in [0.3, 0.4) is 0 Å². The highest BCUT2D eigenvalue weighted by Crippen LogP contribution is 2.19. The van der Waals surface area contributed by atoms with Gasteiger partial charge in [-0.15, -0.1) is 0 Å². The van der Waals surface area contributed by atoms with Crippen molar-refractivity contribution in [1.29, 1.82) is 0 Å². The SMILES string of the molecule is CCOC(=O)c1ccccc1S(=O)(=O)CBr. The number of sulfone groups is 1. The normalized spacial score (nSPS) is 11.1. The summed E-state index contributed by atoms with van der Waals surface area (Å²) in [6, 6.07) is 5.99. The van der Waals surface area contributed by atoms with Crippen LogP contribution >= 0.6 is 15.9 Å². The lowest BCUT2D eigenvalue weighted by Gasteiger charge is -2.07. The summed E-state index contributed by atoms with van der Waals surface area (Å²) in [6.07, 6.45) is 0. The van der Waals surface area contributed by atoms with Crippen LogP contribution in [0.1, 0.15) is 17.3 Å². The van der Waals surface area contributed by atoms with Crippen LogP contribution in [0.4, 0.5) is 0 Å². The summed E-state index contributed by atoms with van der Waals surface area (Å²) in [6.45, 7) is 1.88. The largest absolute Gasteiger partial charge is 0.462 e. The van der Waals surface area contributed by atoms with Crippen molar-refractivity contribution in [2.75, 3.05) is 11.3 Å². The minimum absolute atomic E-state index is 0.00896. The molecule has 0 heterocycles. The Labute approximate surface area is 103 Å². The van der Waals surface area contributed by atoms with Gasteiger partial charge in [0.05, 0.1) is 17.1 Å². The lowest BCUT2D eigenvalue weighted by atomic mass is 10.2. The molecule has 6 heteroatoms. The third kappa shape index (κ3) is 2.82. The van der Waals surface area contributed by atoms with Gasteiger partial charge in [-0.2, -0.15) is 0 Å². The van der Waals surface area contributed by atoms with Gasteiger partial charge in [0.25, 0.3) is 0 Å². The minimum Gasteiger partial charge on any atom is -0.462 e. The number of ether oxygens (including phenoxy) is 1. The Morgan fingerprint density at radius 1 is 1.38 bits per heavy atom. The molecule has 0 unspecified atom stereocenters. The van der Waals surface area contributed by atoms with Gasteiger partial charge in [-0.05, 0) is 19.1 Å². The summed E-state index contributed by atoms with van der Waals surface area (Å²) >= 11 is 2.89. The number of alkyl halides is 1. The predicted octanol–water partition coefficient (Wildman–Crippen LogP) is 1.99. The van der Waals surface area contributed by atoms with E-state index in [1.807, 2.05) is 0 Å². The number of esters is 1. The molecule has 4 nitrogen and oxygen atoms in total. The second-order valence-electron chi connectivity index (χ2n) is 2.94. The number of rotatable bonds is 4. The van der Waals surface area contributed by atoms with E-state index in [4.69, 9.17) is 4.74 Å². The molecule has 0 radical (unpaired) electrons. The van der Waals surface area contributed by atoms with Crippen LogP contribution in [-0.4, -0.2) is 25.7 Å². The van der Waals surface area contributed by atoms with Gasteiger partial charge in [0, 0.05) is 0 Å². The average molecular weight is 307 g/mol. The summed E-state index contributed by atoms with van der Waals surface area (Å²) in [7, 11) is -3.48. The Hall–Kier alpha value is -0.880. The number of hydrogen-bond donors (Lipinski definition) is 0. The van der Waals surface area contributed by atoms with Gasteiger partial charge in [0.2, 0.25) is 0 Å². The first-order valence-corrected chi connectivity index (χ1v) is 7.35. The zero-order valence-corrected chi connectivity index (χ0v) is 11.0. The molecule has 0 saturated carbocycles. The van der Waals surface area contributed by atoms with Gasteiger partial charge < -0.3 is 4.74 Å². The molecular formula is C10H11BrO4S. The van der Waals surface area contributed by atoms with Crippen LogP contribution in [0, 0.1) is 0 Å². The van der Waals surface area contributed by atoms with Gasteiger partial charge in [0.15, 0.2) is 9.84 Å². The van der Waals surface area contributed by atoms with E-state index < -0.39 is 15.8 Å². The quantitative estimate of drug-likeness (QED) is 0.630. The average Bonchev–Trinajstić information content (AvgIpc) is 2.29. The molecule has 16 heavy (non-hydrogen) atoms. The number of hydrogen-bond acceptors (Lipinski definition) is 4. The second-order valence-corrected chi connectivity index (χ2v) is 6.20. The summed E-state index contributed by atoms with van der Waals surface area (Å²) in [5.74, 6) is -0.623. The van der Waals surface area contributed by atoms with E-state index in [0.29, 0.717) is 0 Å². The molecular weight excluding hydrogens is 296 g/mol. The molecule has 0 aliphatic carbocycles. The summed E-state index contributed by atoms with van der Waals surface area (Å²) in [5, 5.41) is 0. The summed E-state index contributed by atoms with van der Waals surface area (Å²) < 4.78 is 27.9. The topological polar surface area (TPSA) is 60.4 Å². The van der Waals surface area contributed by atoms with Crippen LogP contribution in [0.2, 0.25) is 0 Å². The first-order valence-electron chi connectivity index (χ1n) is 4.57. The monoisotopic (exact) mass is 306 g/mol. The Bertz CT molecular complexity index is 481. The lowest BCUT2D eigenvalue weighted by Crippen LogP contribution is -2.12. The van der Waals surface area contributed by atoms with E-state index in [1.165, 1.54) is 12.1 Å². The fourth-order valence-electron chi connectivity index (χ4n) is 1.17. The molecule has 0 spiro atoms. The number of carbonyl (C=O) groups excluding carboxylic acids is 1. The van der Waals surface area contributed by atoms with Gasteiger partial charge >= 0.3 is 5.97 Å². The minimum atomic E-state index is -3.48. The van der Waals surface area contributed by atoms with Crippen molar-refractivity contribution in [2.24, 2.45) is 0 Å². The van der Waals surface area contributed by atoms with Crippen molar-refractivity contribution in [3.8, 4) is 0 Å². The molecule has 1 rings (SSSR count). The van der Waals surface area contributed by atoms with Gasteiger partial charge in [-0.3, -0.25) is 0 Å². The molecule has 0 atom stereocenters. The Morgan fingerprint density at radius 2 is 2.00 bits per heavy atom. The lowest BCUT2D eigenvalue weighted by molar-refractivity contribution is 0.0522. The molecule has 0 N–H and O–H groups in total. The smallest absolute Gasteiger partial charge is 0.339 e. The fourth-order valence-corrected chi connectivity index (χ4v) is 2.80. The van der Waals surface area contributed by atoms with Gasteiger partial charge in [0.1, 0.15) is 4.66 Å². The third-order valence-corrected chi connectivity index (χ3v) is 4.98. The van der Waals surface area contributed by atoms with Crippen molar-refractivity contribution >= 4 is 31.7 Å². The molecule has 0 aliphatic heterocycles. The van der Waals surface area contributed by atoms with E-state index >= 15 is 0 Å². The van der Waals surface area contributed by atoms with Gasteiger partial charge in [-0.1, -0.05) is 28.1 Å². The molecule has 0 amide bonds. The van der Waals surface area contributed by atoms with Crippen molar-refractivity contribution in [2.45, 2.75) is 11.8 Å². The molecule has 0 saturated heterocycles.